The zero-order valence-electron chi connectivity index (χ0n) is 29.6. The van der Waals surface area contributed by atoms with Gasteiger partial charge in [0.05, 0.1) is 17.2 Å². The number of rotatable bonds is 12. The van der Waals surface area contributed by atoms with Gasteiger partial charge in [0.15, 0.2) is 0 Å². The van der Waals surface area contributed by atoms with Crippen LogP contribution in [0, 0.1) is 23.6 Å². The molecule has 0 spiro atoms. The first-order valence-corrected chi connectivity index (χ1v) is 18.2. The molecule has 3 N–H and O–H groups in total. The molecule has 276 valence electrons. The van der Waals surface area contributed by atoms with Crippen molar-refractivity contribution in [3.05, 3.63) is 82.9 Å². The molecule has 1 heterocycles. The van der Waals surface area contributed by atoms with Crippen LogP contribution in [0.25, 0.3) is 0 Å². The van der Waals surface area contributed by atoms with Gasteiger partial charge in [-0.05, 0) is 73.9 Å². The van der Waals surface area contributed by atoms with E-state index in [0.717, 1.165) is 76.3 Å². The molecule has 3 aromatic rings. The second kappa shape index (κ2) is 16.9. The maximum Gasteiger partial charge on any atom is 0.416 e. The van der Waals surface area contributed by atoms with E-state index in [9.17, 15) is 27.6 Å². The number of benzene rings is 2. The largest absolute Gasteiger partial charge is 0.416 e. The number of nitrogens with zero attached hydrogens (tertiary/aromatic N) is 2. The topological polar surface area (TPSA) is 105 Å². The van der Waals surface area contributed by atoms with E-state index in [2.05, 4.69) is 21.0 Å². The molecule has 0 aliphatic heterocycles. The molecule has 0 saturated heterocycles. The van der Waals surface area contributed by atoms with E-state index < -0.39 is 47.2 Å². The lowest BCUT2D eigenvalue weighted by Crippen LogP contribution is -2.53. The van der Waals surface area contributed by atoms with Crippen molar-refractivity contribution in [2.75, 3.05) is 5.32 Å². The number of alkyl halides is 3. The highest BCUT2D eigenvalue weighted by Crippen LogP contribution is 2.42. The second-order valence-corrected chi connectivity index (χ2v) is 14.4. The molecule has 2 aliphatic carbocycles. The molecule has 2 atom stereocenters. The summed E-state index contributed by atoms with van der Waals surface area (Å²) in [7, 11) is 0. The van der Waals surface area contributed by atoms with Crippen LogP contribution in [0.1, 0.15) is 124 Å². The summed E-state index contributed by atoms with van der Waals surface area (Å²) >= 11 is 0. The number of hydrogen-bond acceptors (Lipinski definition) is 4. The summed E-state index contributed by atoms with van der Waals surface area (Å²) in [6.07, 6.45) is 7.39. The van der Waals surface area contributed by atoms with Crippen molar-refractivity contribution in [2.45, 2.75) is 116 Å². The summed E-state index contributed by atoms with van der Waals surface area (Å²) in [5, 5.41) is 12.7. The van der Waals surface area contributed by atoms with Crippen molar-refractivity contribution < 1.29 is 31.9 Å². The Morgan fingerprint density at radius 3 is 2.08 bits per heavy atom. The van der Waals surface area contributed by atoms with Gasteiger partial charge >= 0.3 is 6.18 Å². The molecule has 2 saturated carbocycles. The fourth-order valence-corrected chi connectivity index (χ4v) is 7.98. The van der Waals surface area contributed by atoms with Crippen molar-refractivity contribution in [1.82, 2.24) is 20.4 Å². The van der Waals surface area contributed by atoms with Crippen LogP contribution in [0.2, 0.25) is 0 Å². The monoisotopic (exact) mass is 711 g/mol. The Labute approximate surface area is 297 Å². The standard InChI is InChI=1S/C39H49F4N5O3/c1-24(2)48-33(20-21-45-48)37(50)47-35(34(26-12-6-4-7-13-26)27-14-8-5-9-15-27)38(51)46-32-19-18-28(22-31(32)40)25(3)36(49)44-23-29-16-10-11-17-30(29)39(41,42)43/h10-11,16-22,24-27,34-35H,4-9,12-15,23H2,1-3H3,(H,44,49)(H,46,51)(H,47,50). The fourth-order valence-electron chi connectivity index (χ4n) is 7.98. The Morgan fingerprint density at radius 1 is 0.863 bits per heavy atom. The van der Waals surface area contributed by atoms with Crippen LogP contribution in [0.3, 0.4) is 0 Å². The van der Waals surface area contributed by atoms with Crippen LogP contribution in [0.4, 0.5) is 23.2 Å². The highest BCUT2D eigenvalue weighted by atomic mass is 19.4. The van der Waals surface area contributed by atoms with Crippen LogP contribution in [-0.4, -0.2) is 33.5 Å². The van der Waals surface area contributed by atoms with E-state index in [1.165, 1.54) is 37.3 Å². The van der Waals surface area contributed by atoms with Crippen molar-refractivity contribution in [2.24, 2.45) is 17.8 Å². The van der Waals surface area contributed by atoms with Gasteiger partial charge in [0.25, 0.3) is 5.91 Å². The van der Waals surface area contributed by atoms with Gasteiger partial charge in [-0.25, -0.2) is 4.39 Å². The van der Waals surface area contributed by atoms with Crippen LogP contribution in [0.15, 0.2) is 54.7 Å². The SMILES string of the molecule is CC(C(=O)NCc1ccccc1C(F)(F)F)c1ccc(NC(=O)C(NC(=O)c2ccnn2C(C)C)C(C2CCCCC2)C2CCCCC2)c(F)c1. The number of halogens is 4. The lowest BCUT2D eigenvalue weighted by Gasteiger charge is -2.42. The van der Waals surface area contributed by atoms with Gasteiger partial charge in [-0.2, -0.15) is 18.3 Å². The van der Waals surface area contributed by atoms with E-state index in [1.807, 2.05) is 13.8 Å². The van der Waals surface area contributed by atoms with Gasteiger partial charge in [0.1, 0.15) is 17.6 Å². The fraction of sp³-hybridized carbons (Fsp3) is 0.538. The second-order valence-electron chi connectivity index (χ2n) is 14.4. The van der Waals surface area contributed by atoms with Gasteiger partial charge in [0.2, 0.25) is 11.8 Å². The van der Waals surface area contributed by atoms with E-state index in [4.69, 9.17) is 0 Å². The predicted octanol–water partition coefficient (Wildman–Crippen LogP) is 8.56. The van der Waals surface area contributed by atoms with Crippen LogP contribution < -0.4 is 16.0 Å². The van der Waals surface area contributed by atoms with Crippen LogP contribution in [0.5, 0.6) is 0 Å². The van der Waals surface area contributed by atoms with Crippen LogP contribution in [-0.2, 0) is 22.3 Å². The Kier molecular flexibility index (Phi) is 12.6. The summed E-state index contributed by atoms with van der Waals surface area (Å²) in [5.41, 5.74) is -0.365. The van der Waals surface area contributed by atoms with Gasteiger partial charge in [0, 0.05) is 18.8 Å². The average Bonchev–Trinajstić information content (AvgIpc) is 3.62. The summed E-state index contributed by atoms with van der Waals surface area (Å²) in [5.74, 6) is -2.79. The molecule has 3 amide bonds. The van der Waals surface area contributed by atoms with Crippen molar-refractivity contribution >= 4 is 23.4 Å². The number of carbonyl (C=O) groups excluding carboxylic acids is 3. The number of carbonyl (C=O) groups is 3. The zero-order chi connectivity index (χ0) is 36.7. The number of hydrogen-bond donors (Lipinski definition) is 3. The molecule has 2 fully saturated rings. The van der Waals surface area contributed by atoms with Crippen molar-refractivity contribution in [3.8, 4) is 0 Å². The third kappa shape index (κ3) is 9.37. The van der Waals surface area contributed by atoms with Gasteiger partial charge in [-0.3, -0.25) is 19.1 Å². The summed E-state index contributed by atoms with van der Waals surface area (Å²) in [6, 6.07) is 9.69. The molecule has 8 nitrogen and oxygen atoms in total. The Bertz CT molecular complexity index is 1640. The van der Waals surface area contributed by atoms with E-state index in [-0.39, 0.29) is 41.6 Å². The first kappa shape index (κ1) is 38.0. The molecular formula is C39H49F4N5O3. The molecule has 0 bridgehead atoms. The first-order valence-electron chi connectivity index (χ1n) is 18.2. The summed E-state index contributed by atoms with van der Waals surface area (Å²) in [6.45, 7) is 5.03. The van der Waals surface area contributed by atoms with Gasteiger partial charge < -0.3 is 16.0 Å². The predicted molar refractivity (Wildman–Crippen MR) is 187 cm³/mol. The molecular weight excluding hydrogens is 662 g/mol. The zero-order valence-corrected chi connectivity index (χ0v) is 29.6. The lowest BCUT2D eigenvalue weighted by molar-refractivity contribution is -0.138. The molecule has 2 aliphatic rings. The minimum atomic E-state index is -4.57. The average molecular weight is 712 g/mol. The minimum absolute atomic E-state index is 0.0757. The maximum absolute atomic E-state index is 15.7. The normalized spacial score (nSPS) is 17.3. The molecule has 2 unspecified atom stereocenters. The number of nitrogens with one attached hydrogen (secondary N) is 3. The number of aromatic nitrogens is 2. The van der Waals surface area contributed by atoms with Crippen molar-refractivity contribution in [3.63, 3.8) is 0 Å². The smallest absolute Gasteiger partial charge is 0.351 e. The molecule has 2 aromatic carbocycles. The maximum atomic E-state index is 15.7. The Morgan fingerprint density at radius 2 is 1.49 bits per heavy atom. The quantitative estimate of drug-likeness (QED) is 0.164. The summed E-state index contributed by atoms with van der Waals surface area (Å²) in [4.78, 5) is 41.1. The number of amides is 3. The first-order chi connectivity index (χ1) is 24.3. The van der Waals surface area contributed by atoms with E-state index in [0.29, 0.717) is 11.3 Å². The van der Waals surface area contributed by atoms with E-state index in [1.54, 1.807) is 16.9 Å². The molecule has 51 heavy (non-hydrogen) atoms. The Balaban J connectivity index is 1.36. The van der Waals surface area contributed by atoms with Gasteiger partial charge in [-0.1, -0.05) is 88.5 Å². The lowest BCUT2D eigenvalue weighted by atomic mass is 9.66. The molecule has 0 radical (unpaired) electrons. The van der Waals surface area contributed by atoms with Crippen molar-refractivity contribution in [1.29, 1.82) is 0 Å². The molecule has 5 rings (SSSR count). The Hall–Kier alpha value is -4.22. The minimum Gasteiger partial charge on any atom is -0.351 e. The summed E-state index contributed by atoms with van der Waals surface area (Å²) < 4.78 is 57.6. The molecule has 12 heteroatoms. The highest BCUT2D eigenvalue weighted by molar-refractivity contribution is 6.01. The van der Waals surface area contributed by atoms with E-state index >= 15 is 4.39 Å². The number of anilines is 1. The molecule has 1 aromatic heterocycles. The third-order valence-electron chi connectivity index (χ3n) is 10.7. The van der Waals surface area contributed by atoms with Crippen LogP contribution >= 0.6 is 0 Å². The third-order valence-corrected chi connectivity index (χ3v) is 10.7. The van der Waals surface area contributed by atoms with Gasteiger partial charge in [-0.15, -0.1) is 0 Å². The highest BCUT2D eigenvalue weighted by Gasteiger charge is 2.42.